The van der Waals surface area contributed by atoms with Crippen molar-refractivity contribution in [3.8, 4) is 0 Å². The molecular weight excluding hydrogens is 378 g/mol. The van der Waals surface area contributed by atoms with E-state index in [1.807, 2.05) is 0 Å². The highest BCUT2D eigenvalue weighted by molar-refractivity contribution is 6.43. The first-order valence-corrected chi connectivity index (χ1v) is 9.11. The molecule has 0 saturated carbocycles. The van der Waals surface area contributed by atoms with Crippen LogP contribution in [0.5, 0.6) is 0 Å². The lowest BCUT2D eigenvalue weighted by molar-refractivity contribution is 0.0162. The minimum absolute atomic E-state index is 0.0820. The molecule has 0 aliphatic carbocycles. The van der Waals surface area contributed by atoms with Crippen molar-refractivity contribution >= 4 is 29.1 Å². The molecule has 1 atom stereocenters. The van der Waals surface area contributed by atoms with Crippen LogP contribution in [0.25, 0.3) is 0 Å². The van der Waals surface area contributed by atoms with Gasteiger partial charge in [0.2, 0.25) is 0 Å². The predicted molar refractivity (Wildman–Crippen MR) is 100 cm³/mol. The van der Waals surface area contributed by atoms with Crippen molar-refractivity contribution in [1.82, 2.24) is 10.2 Å². The van der Waals surface area contributed by atoms with Crippen LogP contribution in [0, 0.1) is 5.82 Å². The monoisotopic (exact) mass is 396 g/mol. The van der Waals surface area contributed by atoms with E-state index in [-0.39, 0.29) is 22.8 Å². The van der Waals surface area contributed by atoms with Crippen LogP contribution in [-0.2, 0) is 4.74 Å². The SMILES string of the molecule is O=C(NCC(c1ccc(F)cc1)N1CCOCC1)c1cccc(Cl)c1Cl. The summed E-state index contributed by atoms with van der Waals surface area (Å²) in [5.41, 5.74) is 1.27. The van der Waals surface area contributed by atoms with Gasteiger partial charge in [-0.2, -0.15) is 0 Å². The highest BCUT2D eigenvalue weighted by atomic mass is 35.5. The second-order valence-electron chi connectivity index (χ2n) is 6.03. The Balaban J connectivity index is 1.76. The molecule has 0 radical (unpaired) electrons. The van der Waals surface area contributed by atoms with E-state index < -0.39 is 0 Å². The standard InChI is InChI=1S/C19H19Cl2FN2O2/c20-16-3-1-2-15(18(16)21)19(25)23-12-17(24-8-10-26-11-9-24)13-4-6-14(22)7-5-13/h1-7,17H,8-12H2,(H,23,25). The van der Waals surface area contributed by atoms with Crippen molar-refractivity contribution in [1.29, 1.82) is 0 Å². The second-order valence-corrected chi connectivity index (χ2v) is 6.81. The Kier molecular flexibility index (Phi) is 6.48. The number of ether oxygens (including phenoxy) is 1. The molecule has 26 heavy (non-hydrogen) atoms. The molecule has 1 saturated heterocycles. The summed E-state index contributed by atoms with van der Waals surface area (Å²) in [5.74, 6) is -0.581. The molecule has 138 valence electrons. The number of nitrogens with one attached hydrogen (secondary N) is 1. The maximum Gasteiger partial charge on any atom is 0.252 e. The van der Waals surface area contributed by atoms with E-state index in [0.717, 1.165) is 18.7 Å². The van der Waals surface area contributed by atoms with Crippen molar-refractivity contribution in [2.45, 2.75) is 6.04 Å². The molecule has 1 unspecified atom stereocenters. The van der Waals surface area contributed by atoms with E-state index in [1.54, 1.807) is 30.3 Å². The molecule has 3 rings (SSSR count). The Bertz CT molecular complexity index is 765. The van der Waals surface area contributed by atoms with Gasteiger partial charge in [-0.3, -0.25) is 9.69 Å². The van der Waals surface area contributed by atoms with Crippen molar-refractivity contribution in [3.05, 3.63) is 69.5 Å². The Morgan fingerprint density at radius 2 is 1.85 bits per heavy atom. The van der Waals surface area contributed by atoms with Crippen LogP contribution in [0.15, 0.2) is 42.5 Å². The number of hydrogen-bond donors (Lipinski definition) is 1. The van der Waals surface area contributed by atoms with Crippen molar-refractivity contribution in [2.75, 3.05) is 32.8 Å². The van der Waals surface area contributed by atoms with E-state index >= 15 is 0 Å². The first-order valence-electron chi connectivity index (χ1n) is 8.35. The second kappa shape index (κ2) is 8.82. The summed E-state index contributed by atoms with van der Waals surface area (Å²) < 4.78 is 18.7. The summed E-state index contributed by atoms with van der Waals surface area (Å²) in [4.78, 5) is 14.8. The van der Waals surface area contributed by atoms with Gasteiger partial charge in [-0.1, -0.05) is 41.4 Å². The number of amides is 1. The number of benzene rings is 2. The van der Waals surface area contributed by atoms with Gasteiger partial charge in [-0.15, -0.1) is 0 Å². The number of halogens is 3. The quantitative estimate of drug-likeness (QED) is 0.831. The molecule has 0 spiro atoms. The zero-order valence-electron chi connectivity index (χ0n) is 14.1. The molecule has 0 aromatic heterocycles. The number of rotatable bonds is 5. The van der Waals surface area contributed by atoms with Crippen LogP contribution in [-0.4, -0.2) is 43.7 Å². The van der Waals surface area contributed by atoms with Crippen molar-refractivity contribution < 1.29 is 13.9 Å². The smallest absolute Gasteiger partial charge is 0.252 e. The van der Waals surface area contributed by atoms with Gasteiger partial charge in [0.25, 0.3) is 5.91 Å². The van der Waals surface area contributed by atoms with Crippen LogP contribution in [0.4, 0.5) is 4.39 Å². The average molecular weight is 397 g/mol. The predicted octanol–water partition coefficient (Wildman–Crippen LogP) is 3.94. The summed E-state index contributed by atoms with van der Waals surface area (Å²) >= 11 is 12.1. The van der Waals surface area contributed by atoms with Gasteiger partial charge in [0.15, 0.2) is 0 Å². The molecule has 1 aliphatic rings. The minimum atomic E-state index is -0.294. The number of morpholine rings is 1. The van der Waals surface area contributed by atoms with Crippen molar-refractivity contribution in [2.24, 2.45) is 0 Å². The molecule has 1 amide bonds. The summed E-state index contributed by atoms with van der Waals surface area (Å²) in [5, 5.41) is 3.49. The molecule has 0 bridgehead atoms. The third kappa shape index (κ3) is 4.54. The van der Waals surface area contributed by atoms with Crippen LogP contribution in [0.3, 0.4) is 0 Å². The Morgan fingerprint density at radius 1 is 1.15 bits per heavy atom. The zero-order valence-corrected chi connectivity index (χ0v) is 15.6. The van der Waals surface area contributed by atoms with Crippen LogP contribution in [0.1, 0.15) is 22.0 Å². The number of nitrogens with zero attached hydrogens (tertiary/aromatic N) is 1. The Labute approximate surface area is 161 Å². The molecule has 2 aromatic rings. The molecular formula is C19H19Cl2FN2O2. The Hall–Kier alpha value is -1.66. The van der Waals surface area contributed by atoms with Gasteiger partial charge < -0.3 is 10.1 Å². The van der Waals surface area contributed by atoms with Crippen LogP contribution in [0.2, 0.25) is 10.0 Å². The van der Waals surface area contributed by atoms with Gasteiger partial charge in [-0.25, -0.2) is 4.39 Å². The summed E-state index contributed by atoms with van der Waals surface area (Å²) in [7, 11) is 0. The number of carbonyl (C=O) groups is 1. The van der Waals surface area contributed by atoms with Gasteiger partial charge in [-0.05, 0) is 29.8 Å². The van der Waals surface area contributed by atoms with E-state index in [2.05, 4.69) is 10.2 Å². The topological polar surface area (TPSA) is 41.6 Å². The fraction of sp³-hybridized carbons (Fsp3) is 0.316. The minimum Gasteiger partial charge on any atom is -0.379 e. The van der Waals surface area contributed by atoms with Gasteiger partial charge in [0.05, 0.1) is 34.9 Å². The number of hydrogen-bond acceptors (Lipinski definition) is 3. The lowest BCUT2D eigenvalue weighted by Gasteiger charge is -2.35. The van der Waals surface area contributed by atoms with Crippen LogP contribution < -0.4 is 5.32 Å². The first kappa shape index (κ1) is 19.1. The molecule has 1 aliphatic heterocycles. The van der Waals surface area contributed by atoms with Crippen molar-refractivity contribution in [3.63, 3.8) is 0 Å². The van der Waals surface area contributed by atoms with Gasteiger partial charge >= 0.3 is 0 Å². The Morgan fingerprint density at radius 3 is 2.54 bits per heavy atom. The molecule has 2 aromatic carbocycles. The number of carbonyl (C=O) groups excluding carboxylic acids is 1. The summed E-state index contributed by atoms with van der Waals surface area (Å²) in [6, 6.07) is 11.2. The molecule has 1 fully saturated rings. The maximum absolute atomic E-state index is 13.3. The fourth-order valence-corrected chi connectivity index (χ4v) is 3.38. The lowest BCUT2D eigenvalue weighted by atomic mass is 10.0. The maximum atomic E-state index is 13.3. The average Bonchev–Trinajstić information content (AvgIpc) is 2.66. The third-order valence-electron chi connectivity index (χ3n) is 4.39. The van der Waals surface area contributed by atoms with E-state index in [9.17, 15) is 9.18 Å². The lowest BCUT2D eigenvalue weighted by Crippen LogP contribution is -2.43. The molecule has 1 heterocycles. The van der Waals surface area contributed by atoms with E-state index in [0.29, 0.717) is 30.3 Å². The molecule has 4 nitrogen and oxygen atoms in total. The third-order valence-corrected chi connectivity index (χ3v) is 5.21. The fourth-order valence-electron chi connectivity index (χ4n) is 3.00. The van der Waals surface area contributed by atoms with Crippen LogP contribution >= 0.6 is 23.2 Å². The zero-order chi connectivity index (χ0) is 18.5. The highest BCUT2D eigenvalue weighted by Gasteiger charge is 2.24. The molecule has 1 N–H and O–H groups in total. The van der Waals surface area contributed by atoms with E-state index in [1.165, 1.54) is 12.1 Å². The largest absolute Gasteiger partial charge is 0.379 e. The van der Waals surface area contributed by atoms with Gasteiger partial charge in [0, 0.05) is 19.6 Å². The summed E-state index contributed by atoms with van der Waals surface area (Å²) in [6.07, 6.45) is 0. The summed E-state index contributed by atoms with van der Waals surface area (Å²) in [6.45, 7) is 3.12. The van der Waals surface area contributed by atoms with Gasteiger partial charge in [0.1, 0.15) is 5.82 Å². The first-order chi connectivity index (χ1) is 12.6. The normalized spacial score (nSPS) is 16.3. The molecule has 7 heteroatoms. The van der Waals surface area contributed by atoms with E-state index in [4.69, 9.17) is 27.9 Å². The highest BCUT2D eigenvalue weighted by Crippen LogP contribution is 2.26.